The fourth-order valence-electron chi connectivity index (χ4n) is 0.822. The van der Waals surface area contributed by atoms with Gasteiger partial charge >= 0.3 is 0 Å². The Labute approximate surface area is 64.4 Å². The van der Waals surface area contributed by atoms with Crippen molar-refractivity contribution in [3.63, 3.8) is 0 Å². The Morgan fingerprint density at radius 3 is 2.00 bits per heavy atom. The molecule has 0 bridgehead atoms. The van der Waals surface area contributed by atoms with E-state index in [1.807, 2.05) is 0 Å². The minimum absolute atomic E-state index is 0.587. The molecule has 1 heteroatoms. The Balaban J connectivity index is 2.91. The van der Waals surface area contributed by atoms with Crippen molar-refractivity contribution < 1.29 is 0 Å². The molecule has 0 N–H and O–H groups in total. The van der Waals surface area contributed by atoms with Gasteiger partial charge < -0.3 is 0 Å². The molecule has 0 unspecified atom stereocenters. The van der Waals surface area contributed by atoms with Crippen molar-refractivity contribution in [2.45, 2.75) is 45.3 Å². The third kappa shape index (κ3) is 8.35. The first kappa shape index (κ1) is 9.35. The zero-order valence-electron chi connectivity index (χ0n) is 6.72. The van der Waals surface area contributed by atoms with Crippen LogP contribution in [-0.2, 0) is 0 Å². The molecule has 0 amide bonds. The Morgan fingerprint density at radius 1 is 1.11 bits per heavy atom. The van der Waals surface area contributed by atoms with Gasteiger partial charge in [-0.3, -0.25) is 0 Å². The summed E-state index contributed by atoms with van der Waals surface area (Å²) in [5.41, 5.74) is 0. The zero-order valence-corrected chi connectivity index (χ0v) is 7.62. The van der Waals surface area contributed by atoms with Crippen molar-refractivity contribution in [3.05, 3.63) is 0 Å². The highest BCUT2D eigenvalue weighted by Crippen LogP contribution is 2.10. The molecule has 0 nitrogen and oxygen atoms in total. The van der Waals surface area contributed by atoms with Crippen LogP contribution in [0.25, 0.3) is 0 Å². The fraction of sp³-hybridized carbons (Fsp3) is 1.00. The van der Waals surface area contributed by atoms with Crippen molar-refractivity contribution in [2.75, 3.05) is 0 Å². The summed E-state index contributed by atoms with van der Waals surface area (Å²) >= 11 is 4.30. The molecule has 0 aromatic rings. The molecule has 9 heavy (non-hydrogen) atoms. The van der Waals surface area contributed by atoms with Crippen LogP contribution in [0.3, 0.4) is 0 Å². The van der Waals surface area contributed by atoms with Crippen LogP contribution in [0, 0.1) is 5.92 Å². The maximum atomic E-state index is 4.30. The molecule has 0 heterocycles. The standard InChI is InChI=1S/C8H18S/c1-7(2)5-4-6-8(3)9/h7-9H,4-6H2,1-3H3/t8-/m1/s1. The lowest BCUT2D eigenvalue weighted by Crippen LogP contribution is -1.93. The van der Waals surface area contributed by atoms with Gasteiger partial charge in [-0.15, -0.1) is 0 Å². The van der Waals surface area contributed by atoms with E-state index in [4.69, 9.17) is 0 Å². The van der Waals surface area contributed by atoms with E-state index in [1.54, 1.807) is 0 Å². The zero-order chi connectivity index (χ0) is 7.28. The molecular weight excluding hydrogens is 128 g/mol. The summed E-state index contributed by atoms with van der Waals surface area (Å²) in [6.45, 7) is 6.69. The Kier molecular flexibility index (Phi) is 5.36. The van der Waals surface area contributed by atoms with E-state index in [9.17, 15) is 0 Å². The van der Waals surface area contributed by atoms with Crippen LogP contribution in [0.4, 0.5) is 0 Å². The van der Waals surface area contributed by atoms with E-state index < -0.39 is 0 Å². The van der Waals surface area contributed by atoms with Crippen LogP contribution >= 0.6 is 12.6 Å². The molecule has 0 aromatic carbocycles. The van der Waals surface area contributed by atoms with Crippen molar-refractivity contribution in [1.82, 2.24) is 0 Å². The molecule has 0 saturated heterocycles. The molecule has 0 aliphatic carbocycles. The van der Waals surface area contributed by atoms with Gasteiger partial charge in [0.2, 0.25) is 0 Å². The lowest BCUT2D eigenvalue weighted by molar-refractivity contribution is 0.538. The predicted octanol–water partition coefficient (Wildman–Crippen LogP) is 3.13. The molecule has 0 aliphatic heterocycles. The van der Waals surface area contributed by atoms with Gasteiger partial charge in [0, 0.05) is 0 Å². The molecule has 0 aromatic heterocycles. The van der Waals surface area contributed by atoms with E-state index in [-0.39, 0.29) is 0 Å². The number of rotatable bonds is 4. The Hall–Kier alpha value is 0.350. The third-order valence-electron chi connectivity index (χ3n) is 1.40. The molecule has 0 spiro atoms. The van der Waals surface area contributed by atoms with Crippen LogP contribution in [0.5, 0.6) is 0 Å². The van der Waals surface area contributed by atoms with Gasteiger partial charge in [-0.25, -0.2) is 0 Å². The molecule has 0 fully saturated rings. The van der Waals surface area contributed by atoms with Crippen LogP contribution in [0.2, 0.25) is 0 Å². The molecular formula is C8H18S. The maximum Gasteiger partial charge on any atom is -0.00116 e. The second-order valence-corrected chi connectivity index (χ2v) is 4.06. The average molecular weight is 146 g/mol. The highest BCUT2D eigenvalue weighted by atomic mass is 32.1. The van der Waals surface area contributed by atoms with Gasteiger partial charge in [0.1, 0.15) is 0 Å². The van der Waals surface area contributed by atoms with E-state index >= 15 is 0 Å². The van der Waals surface area contributed by atoms with Crippen LogP contribution < -0.4 is 0 Å². The van der Waals surface area contributed by atoms with Crippen LogP contribution in [0.15, 0.2) is 0 Å². The van der Waals surface area contributed by atoms with Crippen LogP contribution in [0.1, 0.15) is 40.0 Å². The summed E-state index contributed by atoms with van der Waals surface area (Å²) < 4.78 is 0. The van der Waals surface area contributed by atoms with Gasteiger partial charge in [-0.2, -0.15) is 12.6 Å². The molecule has 0 rings (SSSR count). The lowest BCUT2D eigenvalue weighted by Gasteiger charge is -2.05. The SMILES string of the molecule is CC(C)CCC[C@@H](C)S. The summed E-state index contributed by atoms with van der Waals surface area (Å²) in [5.74, 6) is 0.858. The maximum absolute atomic E-state index is 4.30. The second kappa shape index (κ2) is 5.16. The molecule has 56 valence electrons. The number of hydrogen-bond acceptors (Lipinski definition) is 1. The van der Waals surface area contributed by atoms with Crippen molar-refractivity contribution >= 4 is 12.6 Å². The van der Waals surface area contributed by atoms with E-state index in [0.29, 0.717) is 5.25 Å². The quantitative estimate of drug-likeness (QED) is 0.579. The average Bonchev–Trinajstić information content (AvgIpc) is 1.63. The van der Waals surface area contributed by atoms with E-state index in [1.165, 1.54) is 19.3 Å². The third-order valence-corrected chi connectivity index (χ3v) is 1.66. The Morgan fingerprint density at radius 2 is 1.67 bits per heavy atom. The van der Waals surface area contributed by atoms with Crippen molar-refractivity contribution in [2.24, 2.45) is 5.92 Å². The fourth-order valence-corrected chi connectivity index (χ4v) is 1.00. The lowest BCUT2D eigenvalue weighted by atomic mass is 10.1. The summed E-state index contributed by atoms with van der Waals surface area (Å²) in [4.78, 5) is 0. The first-order valence-electron chi connectivity index (χ1n) is 3.81. The van der Waals surface area contributed by atoms with Crippen LogP contribution in [-0.4, -0.2) is 5.25 Å². The number of thiol groups is 1. The topological polar surface area (TPSA) is 0 Å². The molecule has 1 atom stereocenters. The monoisotopic (exact) mass is 146 g/mol. The van der Waals surface area contributed by atoms with Gasteiger partial charge in [0.15, 0.2) is 0 Å². The van der Waals surface area contributed by atoms with Gasteiger partial charge in [0.25, 0.3) is 0 Å². The number of hydrogen-bond donors (Lipinski definition) is 1. The van der Waals surface area contributed by atoms with E-state index in [0.717, 1.165) is 5.92 Å². The predicted molar refractivity (Wildman–Crippen MR) is 47.1 cm³/mol. The van der Waals surface area contributed by atoms with Gasteiger partial charge in [-0.05, 0) is 17.6 Å². The Bertz CT molecular complexity index is 49.6. The summed E-state index contributed by atoms with van der Waals surface area (Å²) in [6.07, 6.45) is 3.95. The largest absolute Gasteiger partial charge is 0.176 e. The second-order valence-electron chi connectivity index (χ2n) is 3.17. The molecule has 0 aliphatic rings. The van der Waals surface area contributed by atoms with Gasteiger partial charge in [-0.1, -0.05) is 33.6 Å². The normalized spacial score (nSPS) is 14.3. The van der Waals surface area contributed by atoms with Crippen molar-refractivity contribution in [3.8, 4) is 0 Å². The summed E-state index contributed by atoms with van der Waals surface area (Å²) in [6, 6.07) is 0. The summed E-state index contributed by atoms with van der Waals surface area (Å²) in [5, 5.41) is 0.587. The summed E-state index contributed by atoms with van der Waals surface area (Å²) in [7, 11) is 0. The minimum Gasteiger partial charge on any atom is -0.176 e. The van der Waals surface area contributed by atoms with E-state index in [2.05, 4.69) is 33.4 Å². The molecule has 0 radical (unpaired) electrons. The first-order valence-corrected chi connectivity index (χ1v) is 4.32. The smallest absolute Gasteiger partial charge is 0.00116 e. The van der Waals surface area contributed by atoms with Crippen molar-refractivity contribution in [1.29, 1.82) is 0 Å². The van der Waals surface area contributed by atoms with Gasteiger partial charge in [0.05, 0.1) is 0 Å². The molecule has 0 saturated carbocycles. The minimum atomic E-state index is 0.587. The first-order chi connectivity index (χ1) is 4.13. The highest BCUT2D eigenvalue weighted by molar-refractivity contribution is 7.80. The highest BCUT2D eigenvalue weighted by Gasteiger charge is 1.96.